The zero-order valence-corrected chi connectivity index (χ0v) is 25.1. The van der Waals surface area contributed by atoms with Gasteiger partial charge in [-0.25, -0.2) is 0 Å². The molecule has 13 heteroatoms. The van der Waals surface area contributed by atoms with Crippen molar-refractivity contribution < 1.29 is 31.7 Å². The van der Waals surface area contributed by atoms with Crippen LogP contribution in [0.25, 0.3) is 6.08 Å². The maximum atomic E-state index is 13.0. The van der Waals surface area contributed by atoms with Crippen LogP contribution < -0.4 is 14.2 Å². The van der Waals surface area contributed by atoms with Crippen molar-refractivity contribution in [3.8, 4) is 11.5 Å². The third kappa shape index (κ3) is 7.05. The highest BCUT2D eigenvalue weighted by Gasteiger charge is 2.35. The van der Waals surface area contributed by atoms with Gasteiger partial charge < -0.3 is 14.2 Å². The fourth-order valence-electron chi connectivity index (χ4n) is 3.64. The molecule has 1 saturated heterocycles. The molecule has 3 aromatic rings. The Morgan fingerprint density at radius 2 is 1.77 bits per heavy atom. The molecule has 9 nitrogen and oxygen atoms in total. The van der Waals surface area contributed by atoms with Gasteiger partial charge >= 0.3 is 10.1 Å². The summed E-state index contributed by atoms with van der Waals surface area (Å²) in [5, 5.41) is 2.70. The summed E-state index contributed by atoms with van der Waals surface area (Å²) >= 11 is 10.1. The van der Waals surface area contributed by atoms with E-state index in [0.717, 1.165) is 22.2 Å². The second kappa shape index (κ2) is 12.5. The molecule has 1 fully saturated rings. The average molecular weight is 666 g/mol. The maximum Gasteiger partial charge on any atom is 0.339 e. The highest BCUT2D eigenvalue weighted by Crippen LogP contribution is 2.41. The van der Waals surface area contributed by atoms with E-state index < -0.39 is 21.3 Å². The molecule has 0 aromatic heterocycles. The molecule has 0 saturated carbocycles. The first kappa shape index (κ1) is 29.7. The number of hydrogen-bond donors (Lipinski definition) is 1. The van der Waals surface area contributed by atoms with Gasteiger partial charge in [-0.3, -0.25) is 19.3 Å². The molecular formula is C27H22BrClN2O7S2. The van der Waals surface area contributed by atoms with Crippen molar-refractivity contribution in [3.63, 3.8) is 0 Å². The summed E-state index contributed by atoms with van der Waals surface area (Å²) in [4.78, 5) is 38.0. The van der Waals surface area contributed by atoms with Crippen LogP contribution in [-0.4, -0.2) is 37.0 Å². The molecule has 0 bridgehead atoms. The molecule has 0 spiro atoms. The fourth-order valence-corrected chi connectivity index (χ4v) is 6.21. The molecule has 0 aliphatic carbocycles. The lowest BCUT2D eigenvalue weighted by atomic mass is 10.1. The minimum Gasteiger partial charge on any atom is -0.490 e. The molecule has 0 atom stereocenters. The van der Waals surface area contributed by atoms with Crippen molar-refractivity contribution in [2.45, 2.75) is 25.3 Å². The van der Waals surface area contributed by atoms with Gasteiger partial charge in [0.1, 0.15) is 4.90 Å². The minimum atomic E-state index is -4.27. The normalized spacial score (nSPS) is 14.5. The van der Waals surface area contributed by atoms with Crippen LogP contribution in [-0.2, 0) is 26.3 Å². The van der Waals surface area contributed by atoms with Crippen molar-refractivity contribution in [1.82, 2.24) is 4.90 Å². The van der Waals surface area contributed by atoms with Gasteiger partial charge in [0.25, 0.3) is 11.1 Å². The number of benzene rings is 3. The molecule has 4 rings (SSSR count). The standard InChI is InChI=1S/C27H22BrClN2O7S2/c1-3-37-23-13-18(14-24-26(33)31(27(34)39-24)15-17-4-6-19(29)7-5-17)12-22(28)25(23)38-40(35,36)21-10-8-20(9-11-21)30-16(2)32/h4-14H,3,15H2,1-2H3,(H,30,32)/b24-14-. The topological polar surface area (TPSA) is 119 Å². The predicted octanol–water partition coefficient (Wildman–Crippen LogP) is 6.46. The maximum absolute atomic E-state index is 13.0. The average Bonchev–Trinajstić information content (AvgIpc) is 3.14. The van der Waals surface area contributed by atoms with E-state index in [9.17, 15) is 22.8 Å². The van der Waals surface area contributed by atoms with Gasteiger partial charge in [0.15, 0.2) is 11.5 Å². The first-order valence-corrected chi connectivity index (χ1v) is 15.1. The van der Waals surface area contributed by atoms with Gasteiger partial charge in [-0.15, -0.1) is 0 Å². The molecule has 3 amide bonds. The van der Waals surface area contributed by atoms with Crippen molar-refractivity contribution in [3.05, 3.63) is 86.2 Å². The lowest BCUT2D eigenvalue weighted by Gasteiger charge is -2.15. The van der Waals surface area contributed by atoms with Gasteiger partial charge in [0, 0.05) is 17.6 Å². The molecule has 1 aliphatic heterocycles. The fraction of sp³-hybridized carbons (Fsp3) is 0.148. The summed E-state index contributed by atoms with van der Waals surface area (Å²) in [6, 6.07) is 15.4. The number of thioether (sulfide) groups is 1. The molecule has 1 heterocycles. The Labute approximate surface area is 248 Å². The number of carbonyl (C=O) groups excluding carboxylic acids is 3. The molecule has 1 N–H and O–H groups in total. The largest absolute Gasteiger partial charge is 0.490 e. The Balaban J connectivity index is 1.58. The van der Waals surface area contributed by atoms with E-state index in [1.807, 2.05) is 0 Å². The lowest BCUT2D eigenvalue weighted by Crippen LogP contribution is -2.27. The first-order chi connectivity index (χ1) is 19.0. The molecule has 1 aliphatic rings. The molecular weight excluding hydrogens is 644 g/mol. The van der Waals surface area contributed by atoms with Gasteiger partial charge in [-0.05, 0) is 100 Å². The Bertz CT molecular complexity index is 1610. The van der Waals surface area contributed by atoms with Crippen LogP contribution in [0.15, 0.2) is 74.9 Å². The Hall–Kier alpha value is -3.32. The van der Waals surface area contributed by atoms with Gasteiger partial charge in [0.2, 0.25) is 5.91 Å². The summed E-state index contributed by atoms with van der Waals surface area (Å²) in [6.45, 7) is 3.37. The van der Waals surface area contributed by atoms with E-state index in [4.69, 9.17) is 20.5 Å². The third-order valence-corrected chi connectivity index (χ3v) is 8.40. The second-order valence-electron chi connectivity index (χ2n) is 8.40. The summed E-state index contributed by atoms with van der Waals surface area (Å²) in [5.41, 5.74) is 1.67. The van der Waals surface area contributed by atoms with Crippen LogP contribution in [0.3, 0.4) is 0 Å². The van der Waals surface area contributed by atoms with Crippen LogP contribution in [0.2, 0.25) is 5.02 Å². The number of carbonyl (C=O) groups is 3. The molecule has 0 radical (unpaired) electrons. The van der Waals surface area contributed by atoms with E-state index >= 15 is 0 Å². The number of hydrogen-bond acceptors (Lipinski definition) is 8. The number of imide groups is 1. The molecule has 3 aromatic carbocycles. The SMILES string of the molecule is CCOc1cc(/C=C2\SC(=O)N(Cc3ccc(Cl)cc3)C2=O)cc(Br)c1OS(=O)(=O)c1ccc(NC(C)=O)cc1. The summed E-state index contributed by atoms with van der Waals surface area (Å²) < 4.78 is 37.3. The van der Waals surface area contributed by atoms with Gasteiger partial charge in [-0.2, -0.15) is 8.42 Å². The molecule has 0 unspecified atom stereocenters. The number of halogens is 2. The second-order valence-corrected chi connectivity index (χ2v) is 12.2. The highest BCUT2D eigenvalue weighted by atomic mass is 79.9. The van der Waals surface area contributed by atoms with Gasteiger partial charge in [0.05, 0.1) is 22.5 Å². The van der Waals surface area contributed by atoms with Crippen molar-refractivity contribution in [1.29, 1.82) is 0 Å². The van der Waals surface area contributed by atoms with E-state index in [-0.39, 0.29) is 44.8 Å². The quantitative estimate of drug-likeness (QED) is 0.204. The zero-order valence-electron chi connectivity index (χ0n) is 21.1. The van der Waals surface area contributed by atoms with Crippen LogP contribution in [0, 0.1) is 0 Å². The molecule has 40 heavy (non-hydrogen) atoms. The number of nitrogens with one attached hydrogen (secondary N) is 1. The van der Waals surface area contributed by atoms with E-state index in [2.05, 4.69) is 21.2 Å². The van der Waals surface area contributed by atoms with Crippen molar-refractivity contribution in [2.24, 2.45) is 0 Å². The molecule has 208 valence electrons. The number of rotatable bonds is 9. The van der Waals surface area contributed by atoms with E-state index in [1.165, 1.54) is 43.3 Å². The van der Waals surface area contributed by atoms with Crippen LogP contribution in [0.5, 0.6) is 11.5 Å². The minimum absolute atomic E-state index is 0.0826. The Kier molecular flexibility index (Phi) is 9.24. The van der Waals surface area contributed by atoms with Crippen LogP contribution in [0.4, 0.5) is 10.5 Å². The lowest BCUT2D eigenvalue weighted by molar-refractivity contribution is -0.123. The van der Waals surface area contributed by atoms with E-state index in [0.29, 0.717) is 16.3 Å². The number of nitrogens with zero attached hydrogens (tertiary/aromatic N) is 1. The zero-order chi connectivity index (χ0) is 29.0. The number of ether oxygens (including phenoxy) is 1. The van der Waals surface area contributed by atoms with Crippen molar-refractivity contribution in [2.75, 3.05) is 11.9 Å². The third-order valence-electron chi connectivity index (χ3n) is 5.41. The van der Waals surface area contributed by atoms with Crippen molar-refractivity contribution >= 4 is 78.2 Å². The summed E-state index contributed by atoms with van der Waals surface area (Å²) in [5.74, 6) is -0.712. The van der Waals surface area contributed by atoms with Crippen LogP contribution >= 0.6 is 39.3 Å². The number of amides is 3. The monoisotopic (exact) mass is 664 g/mol. The Morgan fingerprint density at radius 3 is 2.40 bits per heavy atom. The first-order valence-electron chi connectivity index (χ1n) is 11.7. The van der Waals surface area contributed by atoms with Crippen LogP contribution in [0.1, 0.15) is 25.0 Å². The predicted molar refractivity (Wildman–Crippen MR) is 157 cm³/mol. The van der Waals surface area contributed by atoms with E-state index in [1.54, 1.807) is 37.3 Å². The number of anilines is 1. The smallest absolute Gasteiger partial charge is 0.339 e. The summed E-state index contributed by atoms with van der Waals surface area (Å²) in [6.07, 6.45) is 1.53. The Morgan fingerprint density at radius 1 is 1.10 bits per heavy atom. The van der Waals surface area contributed by atoms with Gasteiger partial charge in [-0.1, -0.05) is 23.7 Å². The highest BCUT2D eigenvalue weighted by molar-refractivity contribution is 9.10. The summed E-state index contributed by atoms with van der Waals surface area (Å²) in [7, 11) is -4.27.